The molecule has 18 heavy (non-hydrogen) atoms. The number of anilines is 2. The fraction of sp³-hybridized carbons (Fsp3) is 0.600. The standard InChI is InChI=1S/C15H23FN2/c1-15(2,11-5-3-4-6-11)10-18-12-7-8-14(17)13(16)9-12/h7-9,11,18H,3-6,10,17H2,1-2H3. The lowest BCUT2D eigenvalue weighted by Crippen LogP contribution is -2.30. The van der Waals surface area contributed by atoms with Crippen molar-refractivity contribution in [3.8, 4) is 0 Å². The van der Waals surface area contributed by atoms with Gasteiger partial charge in [0.05, 0.1) is 5.69 Å². The van der Waals surface area contributed by atoms with E-state index in [-0.39, 0.29) is 16.9 Å². The minimum absolute atomic E-state index is 0.204. The molecule has 1 aromatic rings. The van der Waals surface area contributed by atoms with Crippen LogP contribution in [-0.2, 0) is 0 Å². The van der Waals surface area contributed by atoms with E-state index in [0.29, 0.717) is 0 Å². The fourth-order valence-corrected chi connectivity index (χ4v) is 2.82. The molecule has 1 aliphatic carbocycles. The average molecular weight is 250 g/mol. The highest BCUT2D eigenvalue weighted by molar-refractivity contribution is 5.52. The lowest BCUT2D eigenvalue weighted by atomic mass is 9.77. The van der Waals surface area contributed by atoms with Gasteiger partial charge in [0.15, 0.2) is 0 Å². The van der Waals surface area contributed by atoms with Gasteiger partial charge in [0.1, 0.15) is 5.82 Å². The van der Waals surface area contributed by atoms with Crippen LogP contribution in [0.1, 0.15) is 39.5 Å². The first-order chi connectivity index (χ1) is 8.49. The van der Waals surface area contributed by atoms with Crippen LogP contribution in [-0.4, -0.2) is 6.54 Å². The molecule has 0 aromatic heterocycles. The monoisotopic (exact) mass is 250 g/mol. The van der Waals surface area contributed by atoms with Crippen molar-refractivity contribution >= 4 is 11.4 Å². The van der Waals surface area contributed by atoms with Gasteiger partial charge in [-0.3, -0.25) is 0 Å². The zero-order valence-electron chi connectivity index (χ0n) is 11.3. The lowest BCUT2D eigenvalue weighted by Gasteiger charge is -2.32. The molecule has 0 heterocycles. The molecule has 1 fully saturated rings. The maximum absolute atomic E-state index is 13.3. The molecule has 3 heteroatoms. The van der Waals surface area contributed by atoms with Crippen molar-refractivity contribution in [3.63, 3.8) is 0 Å². The Morgan fingerprint density at radius 2 is 2.00 bits per heavy atom. The van der Waals surface area contributed by atoms with E-state index in [2.05, 4.69) is 19.2 Å². The Labute approximate surface area is 109 Å². The first-order valence-corrected chi connectivity index (χ1v) is 6.78. The maximum Gasteiger partial charge on any atom is 0.148 e. The van der Waals surface area contributed by atoms with E-state index in [0.717, 1.165) is 18.2 Å². The van der Waals surface area contributed by atoms with Crippen molar-refractivity contribution in [3.05, 3.63) is 24.0 Å². The van der Waals surface area contributed by atoms with E-state index >= 15 is 0 Å². The molecular weight excluding hydrogens is 227 g/mol. The predicted molar refractivity (Wildman–Crippen MR) is 75.0 cm³/mol. The van der Waals surface area contributed by atoms with Crippen molar-refractivity contribution in [1.82, 2.24) is 0 Å². The third kappa shape index (κ3) is 2.95. The van der Waals surface area contributed by atoms with Crippen molar-refractivity contribution in [1.29, 1.82) is 0 Å². The molecule has 100 valence electrons. The van der Waals surface area contributed by atoms with Crippen molar-refractivity contribution in [2.24, 2.45) is 11.3 Å². The molecule has 2 rings (SSSR count). The number of hydrogen-bond donors (Lipinski definition) is 2. The summed E-state index contributed by atoms with van der Waals surface area (Å²) in [7, 11) is 0. The molecule has 0 saturated heterocycles. The van der Waals surface area contributed by atoms with E-state index in [1.165, 1.54) is 31.7 Å². The van der Waals surface area contributed by atoms with Gasteiger partial charge >= 0.3 is 0 Å². The maximum atomic E-state index is 13.3. The second-order valence-electron chi connectivity index (χ2n) is 6.06. The Morgan fingerprint density at radius 1 is 1.33 bits per heavy atom. The SMILES string of the molecule is CC(C)(CNc1ccc(N)c(F)c1)C1CCCC1. The van der Waals surface area contributed by atoms with Crippen LogP contribution in [0.4, 0.5) is 15.8 Å². The normalized spacial score (nSPS) is 17.1. The molecule has 0 atom stereocenters. The van der Waals surface area contributed by atoms with Gasteiger partial charge in [0.25, 0.3) is 0 Å². The number of hydrogen-bond acceptors (Lipinski definition) is 2. The predicted octanol–water partition coefficient (Wildman–Crippen LogP) is 4.04. The molecule has 0 unspecified atom stereocenters. The molecule has 3 N–H and O–H groups in total. The topological polar surface area (TPSA) is 38.0 Å². The zero-order chi connectivity index (χ0) is 13.2. The summed E-state index contributed by atoms with van der Waals surface area (Å²) in [6.45, 7) is 5.47. The van der Waals surface area contributed by atoms with Crippen LogP contribution in [0.2, 0.25) is 0 Å². The molecule has 0 radical (unpaired) electrons. The zero-order valence-corrected chi connectivity index (χ0v) is 11.3. The Kier molecular flexibility index (Phi) is 3.79. The molecule has 0 spiro atoms. The first kappa shape index (κ1) is 13.2. The fourth-order valence-electron chi connectivity index (χ4n) is 2.82. The summed E-state index contributed by atoms with van der Waals surface area (Å²) in [5.41, 5.74) is 6.74. The molecular formula is C15H23FN2. The van der Waals surface area contributed by atoms with Gasteiger partial charge in [-0.2, -0.15) is 0 Å². The van der Waals surface area contributed by atoms with Gasteiger partial charge in [-0.15, -0.1) is 0 Å². The third-order valence-corrected chi connectivity index (χ3v) is 4.21. The van der Waals surface area contributed by atoms with Gasteiger partial charge in [-0.25, -0.2) is 4.39 Å². The van der Waals surface area contributed by atoms with Gasteiger partial charge in [-0.1, -0.05) is 26.7 Å². The van der Waals surface area contributed by atoms with E-state index < -0.39 is 0 Å². The lowest BCUT2D eigenvalue weighted by molar-refractivity contribution is 0.234. The summed E-state index contributed by atoms with van der Waals surface area (Å²) >= 11 is 0. The van der Waals surface area contributed by atoms with Crippen molar-refractivity contribution in [2.75, 3.05) is 17.6 Å². The van der Waals surface area contributed by atoms with Gasteiger partial charge in [0.2, 0.25) is 0 Å². The van der Waals surface area contributed by atoms with E-state index in [1.54, 1.807) is 6.07 Å². The van der Waals surface area contributed by atoms with Crippen LogP contribution < -0.4 is 11.1 Å². The number of nitrogens with two attached hydrogens (primary N) is 1. The molecule has 0 aliphatic heterocycles. The Hall–Kier alpha value is -1.25. The number of halogens is 1. The third-order valence-electron chi connectivity index (χ3n) is 4.21. The highest BCUT2D eigenvalue weighted by atomic mass is 19.1. The van der Waals surface area contributed by atoms with Gasteiger partial charge < -0.3 is 11.1 Å². The largest absolute Gasteiger partial charge is 0.396 e. The molecule has 0 amide bonds. The first-order valence-electron chi connectivity index (χ1n) is 6.78. The molecule has 1 saturated carbocycles. The minimum Gasteiger partial charge on any atom is -0.396 e. The van der Waals surface area contributed by atoms with Gasteiger partial charge in [0, 0.05) is 12.2 Å². The highest BCUT2D eigenvalue weighted by Crippen LogP contribution is 2.39. The molecule has 0 bridgehead atoms. The van der Waals surface area contributed by atoms with Crippen LogP contribution in [0, 0.1) is 17.2 Å². The smallest absolute Gasteiger partial charge is 0.148 e. The number of benzene rings is 1. The summed E-state index contributed by atoms with van der Waals surface area (Å²) in [6.07, 6.45) is 5.35. The van der Waals surface area contributed by atoms with Gasteiger partial charge in [-0.05, 0) is 42.4 Å². The number of nitrogen functional groups attached to an aromatic ring is 1. The molecule has 2 nitrogen and oxygen atoms in total. The van der Waals surface area contributed by atoms with E-state index in [4.69, 9.17) is 5.73 Å². The summed E-state index contributed by atoms with van der Waals surface area (Å²) < 4.78 is 13.3. The number of nitrogens with one attached hydrogen (secondary N) is 1. The highest BCUT2D eigenvalue weighted by Gasteiger charge is 2.31. The van der Waals surface area contributed by atoms with Crippen LogP contribution in [0.5, 0.6) is 0 Å². The van der Waals surface area contributed by atoms with E-state index in [1.807, 2.05) is 6.07 Å². The van der Waals surface area contributed by atoms with Crippen LogP contribution in [0.25, 0.3) is 0 Å². The Balaban J connectivity index is 1.95. The van der Waals surface area contributed by atoms with Crippen LogP contribution >= 0.6 is 0 Å². The van der Waals surface area contributed by atoms with Crippen LogP contribution in [0.3, 0.4) is 0 Å². The quantitative estimate of drug-likeness (QED) is 0.792. The summed E-state index contributed by atoms with van der Waals surface area (Å²) in [5.74, 6) is 0.433. The molecule has 1 aromatic carbocycles. The second-order valence-corrected chi connectivity index (χ2v) is 6.06. The summed E-state index contributed by atoms with van der Waals surface area (Å²) in [6, 6.07) is 4.92. The Bertz CT molecular complexity index is 409. The average Bonchev–Trinajstić information content (AvgIpc) is 2.85. The van der Waals surface area contributed by atoms with Crippen molar-refractivity contribution in [2.45, 2.75) is 39.5 Å². The van der Waals surface area contributed by atoms with Crippen LogP contribution in [0.15, 0.2) is 18.2 Å². The molecule has 1 aliphatic rings. The number of rotatable bonds is 4. The van der Waals surface area contributed by atoms with Crippen molar-refractivity contribution < 1.29 is 4.39 Å². The minimum atomic E-state index is -0.348. The summed E-state index contributed by atoms with van der Waals surface area (Å²) in [5, 5.41) is 3.33. The van der Waals surface area contributed by atoms with E-state index in [9.17, 15) is 4.39 Å². The Morgan fingerprint density at radius 3 is 2.61 bits per heavy atom. The summed E-state index contributed by atoms with van der Waals surface area (Å²) in [4.78, 5) is 0. The second kappa shape index (κ2) is 5.17.